The molecular weight excluding hydrogens is 462 g/mol. The number of nitrogens with zero attached hydrogens (tertiary/aromatic N) is 1. The summed E-state index contributed by atoms with van der Waals surface area (Å²) in [4.78, 5) is 12.0. The number of rotatable bonds is 15. The van der Waals surface area contributed by atoms with E-state index in [0.717, 1.165) is 49.2 Å². The first-order chi connectivity index (χ1) is 18.0. The first kappa shape index (κ1) is 27.6. The van der Waals surface area contributed by atoms with Crippen LogP contribution in [-0.4, -0.2) is 19.2 Å². The summed E-state index contributed by atoms with van der Waals surface area (Å²) in [7, 11) is 0. The lowest BCUT2D eigenvalue weighted by Crippen LogP contribution is -2.07. The van der Waals surface area contributed by atoms with E-state index in [1.807, 2.05) is 36.4 Å². The van der Waals surface area contributed by atoms with E-state index in [1.54, 1.807) is 18.2 Å². The molecule has 3 aromatic rings. The number of carbonyl (C=O) groups is 1. The van der Waals surface area contributed by atoms with Gasteiger partial charge in [0, 0.05) is 11.4 Å². The van der Waals surface area contributed by atoms with Crippen molar-refractivity contribution in [1.82, 2.24) is 0 Å². The summed E-state index contributed by atoms with van der Waals surface area (Å²) in [6.45, 7) is 1.16. The van der Waals surface area contributed by atoms with E-state index in [1.165, 1.54) is 32.1 Å². The third kappa shape index (κ3) is 9.89. The quantitative estimate of drug-likeness (QED) is 0.131. The van der Waals surface area contributed by atoms with Crippen molar-refractivity contribution in [3.05, 3.63) is 77.9 Å². The van der Waals surface area contributed by atoms with Gasteiger partial charge in [-0.2, -0.15) is 5.26 Å². The van der Waals surface area contributed by atoms with E-state index in [4.69, 9.17) is 26.2 Å². The summed E-state index contributed by atoms with van der Waals surface area (Å²) in [5, 5.41) is 8.92. The average molecular weight is 500 g/mol. The average Bonchev–Trinajstić information content (AvgIpc) is 2.91. The number of nitriles is 1. The minimum Gasteiger partial charge on any atom is -0.494 e. The van der Waals surface area contributed by atoms with Gasteiger partial charge >= 0.3 is 5.97 Å². The summed E-state index contributed by atoms with van der Waals surface area (Å²) in [6, 6.07) is 22.6. The molecule has 0 fully saturated rings. The van der Waals surface area contributed by atoms with Gasteiger partial charge in [0.25, 0.3) is 0 Å². The number of hydrogen-bond acceptors (Lipinski definition) is 6. The fraction of sp³-hybridized carbons (Fsp3) is 0.355. The van der Waals surface area contributed by atoms with Crippen LogP contribution in [0.2, 0.25) is 0 Å². The molecule has 4 N–H and O–H groups in total. The number of hydrogen-bond donors (Lipinski definition) is 2. The number of carbonyl (C=O) groups excluding carboxylic acids is 1. The highest BCUT2D eigenvalue weighted by molar-refractivity contribution is 5.91. The summed E-state index contributed by atoms with van der Waals surface area (Å²) in [6.07, 6.45) is 10.2. The molecule has 0 aliphatic rings. The van der Waals surface area contributed by atoms with Crippen molar-refractivity contribution in [1.29, 1.82) is 5.26 Å². The SMILES string of the molecule is N#Cc1ccc(-c2ccc(OCCCCCCCCCCCOC(=O)c3cc(N)cc(N)c3)cc2)cc1. The number of benzene rings is 3. The molecule has 0 aliphatic carbocycles. The smallest absolute Gasteiger partial charge is 0.338 e. The van der Waals surface area contributed by atoms with Crippen LogP contribution in [0.15, 0.2) is 66.7 Å². The zero-order valence-electron chi connectivity index (χ0n) is 21.5. The number of nitrogen functional groups attached to an aromatic ring is 2. The molecule has 0 aliphatic heterocycles. The van der Waals surface area contributed by atoms with E-state index < -0.39 is 0 Å². The normalized spacial score (nSPS) is 10.6. The Kier molecular flexibility index (Phi) is 11.3. The molecule has 0 radical (unpaired) electrons. The molecular formula is C31H37N3O3. The van der Waals surface area contributed by atoms with Crippen molar-refractivity contribution in [2.45, 2.75) is 57.8 Å². The number of nitrogens with two attached hydrogens (primary N) is 2. The number of anilines is 2. The van der Waals surface area contributed by atoms with Gasteiger partial charge < -0.3 is 20.9 Å². The minimum absolute atomic E-state index is 0.372. The van der Waals surface area contributed by atoms with E-state index >= 15 is 0 Å². The molecule has 3 rings (SSSR count). The van der Waals surface area contributed by atoms with Crippen LogP contribution in [0.1, 0.15) is 73.7 Å². The second kappa shape index (κ2) is 15.2. The molecule has 0 spiro atoms. The largest absolute Gasteiger partial charge is 0.494 e. The lowest BCUT2D eigenvalue weighted by atomic mass is 10.0. The summed E-state index contributed by atoms with van der Waals surface area (Å²) >= 11 is 0. The first-order valence-electron chi connectivity index (χ1n) is 13.1. The van der Waals surface area contributed by atoms with Crippen molar-refractivity contribution in [3.8, 4) is 22.9 Å². The fourth-order valence-corrected chi connectivity index (χ4v) is 4.16. The summed E-state index contributed by atoms with van der Waals surface area (Å²) < 4.78 is 11.2. The standard InChI is InChI=1S/C31H37N3O3/c32-23-24-10-12-25(13-11-24)26-14-16-30(17-15-26)36-18-8-6-4-2-1-3-5-7-9-19-37-31(35)27-20-28(33)22-29(34)21-27/h10-17,20-22H,1-9,18-19,33-34H2. The zero-order chi connectivity index (χ0) is 26.3. The van der Waals surface area contributed by atoms with Crippen LogP contribution in [0.3, 0.4) is 0 Å². The van der Waals surface area contributed by atoms with Gasteiger partial charge in [0.05, 0.1) is 30.4 Å². The first-order valence-corrected chi connectivity index (χ1v) is 13.1. The topological polar surface area (TPSA) is 111 Å². The molecule has 0 atom stereocenters. The van der Waals surface area contributed by atoms with E-state index in [9.17, 15) is 4.79 Å². The Labute approximate surface area is 220 Å². The highest BCUT2D eigenvalue weighted by atomic mass is 16.5. The minimum atomic E-state index is -0.372. The predicted octanol–water partition coefficient (Wildman–Crippen LogP) is 7.14. The van der Waals surface area contributed by atoms with E-state index in [0.29, 0.717) is 29.1 Å². The van der Waals surface area contributed by atoms with Gasteiger partial charge in [0.2, 0.25) is 0 Å². The molecule has 3 aromatic carbocycles. The van der Waals surface area contributed by atoms with Crippen LogP contribution >= 0.6 is 0 Å². The van der Waals surface area contributed by atoms with Crippen LogP contribution in [0.5, 0.6) is 5.75 Å². The Morgan fingerprint density at radius 3 is 1.70 bits per heavy atom. The van der Waals surface area contributed by atoms with Gasteiger partial charge in [-0.15, -0.1) is 0 Å². The van der Waals surface area contributed by atoms with Crippen molar-refractivity contribution < 1.29 is 14.3 Å². The Morgan fingerprint density at radius 1 is 0.676 bits per heavy atom. The van der Waals surface area contributed by atoms with Crippen LogP contribution in [0, 0.1) is 11.3 Å². The molecule has 0 amide bonds. The number of esters is 1. The van der Waals surface area contributed by atoms with Gasteiger partial charge in [-0.25, -0.2) is 4.79 Å². The Bertz CT molecular complexity index is 1130. The third-order valence-electron chi connectivity index (χ3n) is 6.21. The van der Waals surface area contributed by atoms with Crippen LogP contribution in [-0.2, 0) is 4.74 Å². The van der Waals surface area contributed by atoms with Crippen LogP contribution in [0.4, 0.5) is 11.4 Å². The zero-order valence-corrected chi connectivity index (χ0v) is 21.5. The van der Waals surface area contributed by atoms with Crippen molar-refractivity contribution in [3.63, 3.8) is 0 Å². The molecule has 37 heavy (non-hydrogen) atoms. The second-order valence-corrected chi connectivity index (χ2v) is 9.27. The molecule has 0 unspecified atom stereocenters. The van der Waals surface area contributed by atoms with E-state index in [2.05, 4.69) is 18.2 Å². The molecule has 194 valence electrons. The maximum absolute atomic E-state index is 12.0. The Balaban J connectivity index is 1.15. The Morgan fingerprint density at radius 2 is 1.16 bits per heavy atom. The van der Waals surface area contributed by atoms with Gasteiger partial charge in [-0.05, 0) is 66.4 Å². The number of ether oxygens (including phenoxy) is 2. The molecule has 6 nitrogen and oxygen atoms in total. The lowest BCUT2D eigenvalue weighted by Gasteiger charge is -2.08. The fourth-order valence-electron chi connectivity index (χ4n) is 4.16. The molecule has 0 bridgehead atoms. The molecule has 0 saturated carbocycles. The van der Waals surface area contributed by atoms with Crippen molar-refractivity contribution >= 4 is 17.3 Å². The van der Waals surface area contributed by atoms with Gasteiger partial charge in [0.1, 0.15) is 5.75 Å². The van der Waals surface area contributed by atoms with Crippen LogP contribution < -0.4 is 16.2 Å². The number of unbranched alkanes of at least 4 members (excludes halogenated alkanes) is 8. The van der Waals surface area contributed by atoms with Crippen molar-refractivity contribution in [2.75, 3.05) is 24.7 Å². The molecule has 0 heterocycles. The molecule has 0 saturated heterocycles. The highest BCUT2D eigenvalue weighted by Gasteiger charge is 2.08. The Hall–Kier alpha value is -3.98. The lowest BCUT2D eigenvalue weighted by molar-refractivity contribution is 0.0497. The van der Waals surface area contributed by atoms with Crippen molar-refractivity contribution in [2.24, 2.45) is 0 Å². The van der Waals surface area contributed by atoms with Gasteiger partial charge in [-0.1, -0.05) is 69.2 Å². The maximum atomic E-state index is 12.0. The molecule has 6 heteroatoms. The highest BCUT2D eigenvalue weighted by Crippen LogP contribution is 2.23. The maximum Gasteiger partial charge on any atom is 0.338 e. The third-order valence-corrected chi connectivity index (χ3v) is 6.21. The van der Waals surface area contributed by atoms with Gasteiger partial charge in [-0.3, -0.25) is 0 Å². The predicted molar refractivity (Wildman–Crippen MR) is 149 cm³/mol. The van der Waals surface area contributed by atoms with Crippen LogP contribution in [0.25, 0.3) is 11.1 Å². The van der Waals surface area contributed by atoms with E-state index in [-0.39, 0.29) is 5.97 Å². The van der Waals surface area contributed by atoms with Gasteiger partial charge in [0.15, 0.2) is 0 Å². The molecule has 0 aromatic heterocycles. The summed E-state index contributed by atoms with van der Waals surface area (Å²) in [5.74, 6) is 0.517. The summed E-state index contributed by atoms with van der Waals surface area (Å²) in [5.41, 5.74) is 15.6. The monoisotopic (exact) mass is 499 g/mol. The second-order valence-electron chi connectivity index (χ2n) is 9.27.